The second-order valence-electron chi connectivity index (χ2n) is 6.92. The van der Waals surface area contributed by atoms with E-state index >= 15 is 0 Å². The number of nitrogens with zero attached hydrogens (tertiary/aromatic N) is 3. The van der Waals surface area contributed by atoms with E-state index in [9.17, 15) is 4.79 Å². The van der Waals surface area contributed by atoms with Crippen molar-refractivity contribution in [1.82, 2.24) is 14.9 Å². The maximum atomic E-state index is 12.8. The van der Waals surface area contributed by atoms with E-state index < -0.39 is 0 Å². The van der Waals surface area contributed by atoms with Gasteiger partial charge in [0, 0.05) is 12.6 Å². The smallest absolute Gasteiger partial charge is 0.279 e. The van der Waals surface area contributed by atoms with Crippen LogP contribution in [0.25, 0.3) is 0 Å². The fraction of sp³-hybridized carbons (Fsp3) is 0.381. The van der Waals surface area contributed by atoms with Crippen LogP contribution in [0.4, 0.5) is 5.82 Å². The molecular formula is C21H26N4O3. The second-order valence-corrected chi connectivity index (χ2v) is 6.92. The van der Waals surface area contributed by atoms with E-state index in [1.54, 1.807) is 11.6 Å². The number of aromatic nitrogens is 3. The van der Waals surface area contributed by atoms with Crippen LogP contribution >= 0.6 is 0 Å². The summed E-state index contributed by atoms with van der Waals surface area (Å²) in [5.74, 6) is 1.68. The number of benzene rings is 1. The van der Waals surface area contributed by atoms with Crippen molar-refractivity contribution in [2.24, 2.45) is 0 Å². The number of hydrogen-bond acceptors (Lipinski definition) is 5. The van der Waals surface area contributed by atoms with Crippen molar-refractivity contribution in [3.63, 3.8) is 0 Å². The zero-order valence-corrected chi connectivity index (χ0v) is 17.0. The highest BCUT2D eigenvalue weighted by molar-refractivity contribution is 6.03. The number of anilines is 1. The molecule has 3 aromatic rings. The molecule has 0 aliphatic heterocycles. The van der Waals surface area contributed by atoms with Gasteiger partial charge in [0.25, 0.3) is 5.91 Å². The number of ether oxygens (including phenoxy) is 1. The van der Waals surface area contributed by atoms with Gasteiger partial charge in [-0.1, -0.05) is 30.3 Å². The van der Waals surface area contributed by atoms with Gasteiger partial charge in [-0.3, -0.25) is 4.79 Å². The highest BCUT2D eigenvalue weighted by Crippen LogP contribution is 2.25. The maximum absolute atomic E-state index is 12.8. The van der Waals surface area contributed by atoms with Gasteiger partial charge in [0.15, 0.2) is 5.69 Å². The van der Waals surface area contributed by atoms with Crippen LogP contribution < -0.4 is 10.1 Å². The minimum absolute atomic E-state index is 0.205. The summed E-state index contributed by atoms with van der Waals surface area (Å²) in [7, 11) is 0. The molecule has 0 radical (unpaired) electrons. The summed E-state index contributed by atoms with van der Waals surface area (Å²) in [6, 6.07) is 7.82. The fourth-order valence-corrected chi connectivity index (χ4v) is 3.11. The summed E-state index contributed by atoms with van der Waals surface area (Å²) >= 11 is 0. The molecule has 1 amide bonds. The molecule has 0 saturated heterocycles. The summed E-state index contributed by atoms with van der Waals surface area (Å²) in [5, 5.41) is 11.2. The van der Waals surface area contributed by atoms with Crippen molar-refractivity contribution in [2.45, 2.75) is 54.2 Å². The number of carbonyl (C=O) groups is 1. The Balaban J connectivity index is 1.80. The van der Waals surface area contributed by atoms with Gasteiger partial charge in [-0.25, -0.2) is 4.68 Å². The lowest BCUT2D eigenvalue weighted by molar-refractivity contribution is 0.101. The number of rotatable bonds is 7. The molecule has 0 fully saturated rings. The first-order valence-electron chi connectivity index (χ1n) is 9.40. The third kappa shape index (κ3) is 4.08. The zero-order chi connectivity index (χ0) is 20.3. The van der Waals surface area contributed by atoms with Crippen LogP contribution in [0.3, 0.4) is 0 Å². The van der Waals surface area contributed by atoms with Crippen molar-refractivity contribution >= 4 is 11.7 Å². The molecule has 28 heavy (non-hydrogen) atoms. The SMILES string of the molecule is CCCn1nc(C)cc1NC(=O)c1noc(C)c1COc1c(C)cccc1C. The van der Waals surface area contributed by atoms with Crippen molar-refractivity contribution in [3.8, 4) is 5.75 Å². The molecule has 0 spiro atoms. The summed E-state index contributed by atoms with van der Waals surface area (Å²) < 4.78 is 13.1. The van der Waals surface area contributed by atoms with E-state index in [-0.39, 0.29) is 18.2 Å². The van der Waals surface area contributed by atoms with E-state index in [0.29, 0.717) is 17.1 Å². The summed E-state index contributed by atoms with van der Waals surface area (Å²) in [5.41, 5.74) is 3.79. The van der Waals surface area contributed by atoms with E-state index in [2.05, 4.69) is 22.5 Å². The Morgan fingerprint density at radius 3 is 2.61 bits per heavy atom. The number of hydrogen-bond donors (Lipinski definition) is 1. The van der Waals surface area contributed by atoms with Crippen molar-refractivity contribution in [2.75, 3.05) is 5.32 Å². The molecule has 0 atom stereocenters. The van der Waals surface area contributed by atoms with Crippen LogP contribution in [0.5, 0.6) is 5.75 Å². The Kier molecular flexibility index (Phi) is 5.82. The van der Waals surface area contributed by atoms with Gasteiger partial charge in [0.1, 0.15) is 23.9 Å². The van der Waals surface area contributed by atoms with Crippen molar-refractivity contribution in [1.29, 1.82) is 0 Å². The van der Waals surface area contributed by atoms with E-state index in [1.165, 1.54) is 0 Å². The topological polar surface area (TPSA) is 82.2 Å². The van der Waals surface area contributed by atoms with Crippen LogP contribution in [0.2, 0.25) is 0 Å². The van der Waals surface area contributed by atoms with Gasteiger partial charge in [-0.2, -0.15) is 5.10 Å². The van der Waals surface area contributed by atoms with E-state index in [0.717, 1.165) is 35.5 Å². The summed E-state index contributed by atoms with van der Waals surface area (Å²) in [6.45, 7) is 10.7. The van der Waals surface area contributed by atoms with Crippen molar-refractivity contribution in [3.05, 3.63) is 58.1 Å². The fourth-order valence-electron chi connectivity index (χ4n) is 3.11. The lowest BCUT2D eigenvalue weighted by Gasteiger charge is -2.12. The molecule has 2 heterocycles. The quantitative estimate of drug-likeness (QED) is 0.657. The van der Waals surface area contributed by atoms with Crippen LogP contribution in [0.15, 0.2) is 28.8 Å². The number of carbonyl (C=O) groups excluding carboxylic acids is 1. The van der Waals surface area contributed by atoms with Crippen molar-refractivity contribution < 1.29 is 14.1 Å². The number of nitrogens with one attached hydrogen (secondary N) is 1. The van der Waals surface area contributed by atoms with Gasteiger partial charge in [-0.05, 0) is 45.2 Å². The predicted octanol–water partition coefficient (Wildman–Crippen LogP) is 4.35. The number of para-hydroxylation sites is 1. The van der Waals surface area contributed by atoms with E-state index in [1.807, 2.05) is 45.0 Å². The third-order valence-corrected chi connectivity index (χ3v) is 4.55. The molecule has 0 aliphatic rings. The Labute approximate surface area is 164 Å². The third-order valence-electron chi connectivity index (χ3n) is 4.55. The van der Waals surface area contributed by atoms with E-state index in [4.69, 9.17) is 9.26 Å². The predicted molar refractivity (Wildman–Crippen MR) is 107 cm³/mol. The van der Waals surface area contributed by atoms with Gasteiger partial charge in [-0.15, -0.1) is 0 Å². The molecule has 0 bridgehead atoms. The average Bonchev–Trinajstić information content (AvgIpc) is 3.17. The van der Waals surface area contributed by atoms with Gasteiger partial charge >= 0.3 is 0 Å². The Morgan fingerprint density at radius 1 is 1.21 bits per heavy atom. The minimum atomic E-state index is -0.339. The minimum Gasteiger partial charge on any atom is -0.488 e. The molecule has 7 nitrogen and oxygen atoms in total. The molecule has 0 saturated carbocycles. The van der Waals surface area contributed by atoms with Crippen LogP contribution in [0, 0.1) is 27.7 Å². The largest absolute Gasteiger partial charge is 0.488 e. The molecule has 1 aromatic carbocycles. The monoisotopic (exact) mass is 382 g/mol. The highest BCUT2D eigenvalue weighted by atomic mass is 16.5. The Bertz CT molecular complexity index is 967. The molecule has 2 aromatic heterocycles. The zero-order valence-electron chi connectivity index (χ0n) is 17.0. The molecule has 3 rings (SSSR count). The molecule has 0 unspecified atom stereocenters. The standard InChI is InChI=1S/C21H26N4O3/c1-6-10-25-18(11-15(4)23-25)22-21(26)19-17(16(5)28-24-19)12-27-20-13(2)8-7-9-14(20)3/h7-9,11H,6,10,12H2,1-5H3,(H,22,26). The van der Waals surface area contributed by atoms with Gasteiger partial charge in [0.2, 0.25) is 0 Å². The Hall–Kier alpha value is -3.09. The lowest BCUT2D eigenvalue weighted by atomic mass is 10.1. The van der Waals surface area contributed by atoms with Crippen LogP contribution in [0.1, 0.15) is 52.0 Å². The molecular weight excluding hydrogens is 356 g/mol. The molecule has 0 aliphatic carbocycles. The Morgan fingerprint density at radius 2 is 1.93 bits per heavy atom. The molecule has 148 valence electrons. The first kappa shape index (κ1) is 19.7. The normalized spacial score (nSPS) is 10.9. The van der Waals surface area contributed by atoms with Crippen LogP contribution in [-0.4, -0.2) is 20.8 Å². The molecule has 1 N–H and O–H groups in total. The first-order chi connectivity index (χ1) is 13.4. The lowest BCUT2D eigenvalue weighted by Crippen LogP contribution is -2.18. The number of amides is 1. The highest BCUT2D eigenvalue weighted by Gasteiger charge is 2.22. The summed E-state index contributed by atoms with van der Waals surface area (Å²) in [4.78, 5) is 12.8. The van der Waals surface area contributed by atoms with Crippen LogP contribution in [-0.2, 0) is 13.2 Å². The average molecular weight is 382 g/mol. The second kappa shape index (κ2) is 8.29. The maximum Gasteiger partial charge on any atom is 0.279 e. The summed E-state index contributed by atoms with van der Waals surface area (Å²) in [6.07, 6.45) is 0.919. The first-order valence-corrected chi connectivity index (χ1v) is 9.40. The van der Waals surface area contributed by atoms with Gasteiger partial charge in [0.05, 0.1) is 11.3 Å². The molecule has 7 heteroatoms. The number of aryl methyl sites for hydroxylation is 5. The van der Waals surface area contributed by atoms with Gasteiger partial charge < -0.3 is 14.6 Å².